The Kier molecular flexibility index (Phi) is 2.16. The molecule has 0 saturated carbocycles. The van der Waals surface area contributed by atoms with Crippen LogP contribution >= 0.6 is 12.6 Å². The van der Waals surface area contributed by atoms with Crippen molar-refractivity contribution < 1.29 is 0 Å². The van der Waals surface area contributed by atoms with Crippen molar-refractivity contribution in [3.63, 3.8) is 0 Å². The molecular formula is C6H10N2S. The minimum Gasteiger partial charge on any atom is -0.335 e. The van der Waals surface area contributed by atoms with Gasteiger partial charge < -0.3 is 4.57 Å². The van der Waals surface area contributed by atoms with Crippen LogP contribution in [0.15, 0.2) is 12.4 Å². The number of rotatable bonds is 2. The molecule has 0 radical (unpaired) electrons. The Hall–Kier alpha value is -0.440. The topological polar surface area (TPSA) is 17.8 Å². The van der Waals surface area contributed by atoms with E-state index >= 15 is 0 Å². The van der Waals surface area contributed by atoms with Crippen LogP contribution in [0.3, 0.4) is 0 Å². The summed E-state index contributed by atoms with van der Waals surface area (Å²) in [7, 11) is 0. The number of thiol groups is 1. The van der Waals surface area contributed by atoms with Gasteiger partial charge in [-0.05, 0) is 6.92 Å². The molecule has 0 saturated heterocycles. The summed E-state index contributed by atoms with van der Waals surface area (Å²) in [4.78, 5) is 4.09. The van der Waals surface area contributed by atoms with E-state index in [2.05, 4.69) is 29.1 Å². The molecule has 1 heterocycles. The van der Waals surface area contributed by atoms with Gasteiger partial charge in [-0.1, -0.05) is 0 Å². The molecule has 0 aromatic carbocycles. The Morgan fingerprint density at radius 1 is 1.78 bits per heavy atom. The maximum absolute atomic E-state index is 4.12. The lowest BCUT2D eigenvalue weighted by molar-refractivity contribution is 0.726. The molecule has 0 fully saturated rings. The summed E-state index contributed by atoms with van der Waals surface area (Å²) in [5.41, 5.74) is 0. The van der Waals surface area contributed by atoms with Crippen LogP contribution in [0.25, 0.3) is 0 Å². The summed E-state index contributed by atoms with van der Waals surface area (Å²) in [5.74, 6) is 1.77. The minimum absolute atomic E-state index is 0.723. The summed E-state index contributed by atoms with van der Waals surface area (Å²) >= 11 is 4.12. The first-order chi connectivity index (χ1) is 4.38. The quantitative estimate of drug-likeness (QED) is 0.617. The highest BCUT2D eigenvalue weighted by molar-refractivity contribution is 7.79. The van der Waals surface area contributed by atoms with Gasteiger partial charge in [-0.2, -0.15) is 12.6 Å². The Bertz CT molecular complexity index is 164. The predicted octanol–water partition coefficient (Wildman–Crippen LogP) is 1.33. The van der Waals surface area contributed by atoms with Crippen LogP contribution in [0.1, 0.15) is 12.7 Å². The monoisotopic (exact) mass is 142 g/mol. The first kappa shape index (κ1) is 6.68. The molecular weight excluding hydrogens is 132 g/mol. The van der Waals surface area contributed by atoms with Crippen molar-refractivity contribution in [2.24, 2.45) is 0 Å². The van der Waals surface area contributed by atoms with Crippen LogP contribution in [-0.2, 0) is 12.3 Å². The average Bonchev–Trinajstić information content (AvgIpc) is 2.33. The smallest absolute Gasteiger partial charge is 0.118 e. The Balaban J connectivity index is 2.85. The normalized spacial score (nSPS) is 10.0. The van der Waals surface area contributed by atoms with Crippen molar-refractivity contribution in [1.82, 2.24) is 9.55 Å². The number of imidazole rings is 1. The number of hydrogen-bond acceptors (Lipinski definition) is 2. The van der Waals surface area contributed by atoms with Gasteiger partial charge in [0.25, 0.3) is 0 Å². The van der Waals surface area contributed by atoms with E-state index in [1.165, 1.54) is 0 Å². The van der Waals surface area contributed by atoms with Crippen molar-refractivity contribution in [2.75, 3.05) is 0 Å². The number of aryl methyl sites for hydroxylation is 1. The van der Waals surface area contributed by atoms with Gasteiger partial charge >= 0.3 is 0 Å². The molecule has 50 valence electrons. The van der Waals surface area contributed by atoms with E-state index in [4.69, 9.17) is 0 Å². The molecule has 0 N–H and O–H groups in total. The van der Waals surface area contributed by atoms with Crippen LogP contribution in [0.2, 0.25) is 0 Å². The summed E-state index contributed by atoms with van der Waals surface area (Å²) in [6, 6.07) is 0. The van der Waals surface area contributed by atoms with E-state index in [0.717, 1.165) is 18.1 Å². The molecule has 0 unspecified atom stereocenters. The first-order valence-electron chi connectivity index (χ1n) is 2.99. The fourth-order valence-electron chi connectivity index (χ4n) is 0.780. The van der Waals surface area contributed by atoms with Gasteiger partial charge in [-0.25, -0.2) is 4.98 Å². The van der Waals surface area contributed by atoms with Crippen molar-refractivity contribution >= 4 is 12.6 Å². The zero-order valence-corrected chi connectivity index (χ0v) is 6.30. The Morgan fingerprint density at radius 2 is 2.56 bits per heavy atom. The molecule has 9 heavy (non-hydrogen) atoms. The fraction of sp³-hybridized carbons (Fsp3) is 0.500. The standard InChI is InChI=1S/C6H10N2S/c1-2-8-4-3-7-6(8)5-9/h3-4,9H,2,5H2,1H3. The van der Waals surface area contributed by atoms with Gasteiger partial charge in [0, 0.05) is 24.7 Å². The summed E-state index contributed by atoms with van der Waals surface area (Å²) in [6.07, 6.45) is 3.76. The molecule has 2 nitrogen and oxygen atoms in total. The van der Waals surface area contributed by atoms with Crippen molar-refractivity contribution in [3.05, 3.63) is 18.2 Å². The zero-order valence-electron chi connectivity index (χ0n) is 5.41. The largest absolute Gasteiger partial charge is 0.335 e. The molecule has 0 spiro atoms. The summed E-state index contributed by atoms with van der Waals surface area (Å²) in [5, 5.41) is 0. The van der Waals surface area contributed by atoms with E-state index in [1.807, 2.05) is 6.20 Å². The SMILES string of the molecule is CCn1ccnc1CS. The summed E-state index contributed by atoms with van der Waals surface area (Å²) in [6.45, 7) is 3.07. The second-order valence-electron chi connectivity index (χ2n) is 1.79. The highest BCUT2D eigenvalue weighted by Gasteiger charge is 1.94. The van der Waals surface area contributed by atoms with E-state index in [-0.39, 0.29) is 0 Å². The minimum atomic E-state index is 0.723. The number of nitrogens with zero attached hydrogens (tertiary/aromatic N) is 2. The Morgan fingerprint density at radius 3 is 3.00 bits per heavy atom. The van der Waals surface area contributed by atoms with E-state index in [0.29, 0.717) is 0 Å². The molecule has 0 aliphatic heterocycles. The van der Waals surface area contributed by atoms with Crippen LogP contribution < -0.4 is 0 Å². The lowest BCUT2D eigenvalue weighted by Crippen LogP contribution is -1.97. The highest BCUT2D eigenvalue weighted by Crippen LogP contribution is 1.99. The van der Waals surface area contributed by atoms with Crippen LogP contribution in [0.4, 0.5) is 0 Å². The first-order valence-corrected chi connectivity index (χ1v) is 3.62. The maximum atomic E-state index is 4.12. The zero-order chi connectivity index (χ0) is 6.69. The third-order valence-electron chi connectivity index (χ3n) is 1.28. The molecule has 3 heteroatoms. The highest BCUT2D eigenvalue weighted by atomic mass is 32.1. The number of aromatic nitrogens is 2. The molecule has 0 aliphatic rings. The third kappa shape index (κ3) is 1.27. The third-order valence-corrected chi connectivity index (χ3v) is 1.57. The van der Waals surface area contributed by atoms with Crippen LogP contribution in [0, 0.1) is 0 Å². The second kappa shape index (κ2) is 2.92. The van der Waals surface area contributed by atoms with Crippen molar-refractivity contribution in [3.8, 4) is 0 Å². The molecule has 0 amide bonds. The van der Waals surface area contributed by atoms with Gasteiger partial charge in [-0.3, -0.25) is 0 Å². The van der Waals surface area contributed by atoms with Crippen LogP contribution in [-0.4, -0.2) is 9.55 Å². The van der Waals surface area contributed by atoms with Crippen LogP contribution in [0.5, 0.6) is 0 Å². The van der Waals surface area contributed by atoms with Gasteiger partial charge in [0.2, 0.25) is 0 Å². The van der Waals surface area contributed by atoms with E-state index in [1.54, 1.807) is 6.20 Å². The molecule has 0 bridgehead atoms. The van der Waals surface area contributed by atoms with E-state index < -0.39 is 0 Å². The van der Waals surface area contributed by atoms with Crippen molar-refractivity contribution in [1.29, 1.82) is 0 Å². The maximum Gasteiger partial charge on any atom is 0.118 e. The average molecular weight is 142 g/mol. The molecule has 1 aromatic rings. The van der Waals surface area contributed by atoms with Gasteiger partial charge in [0.05, 0.1) is 0 Å². The van der Waals surface area contributed by atoms with E-state index in [9.17, 15) is 0 Å². The van der Waals surface area contributed by atoms with Gasteiger partial charge in [0.1, 0.15) is 5.82 Å². The molecule has 0 aliphatic carbocycles. The molecule has 1 rings (SSSR count). The lowest BCUT2D eigenvalue weighted by atomic mass is 10.6. The second-order valence-corrected chi connectivity index (χ2v) is 2.10. The lowest BCUT2D eigenvalue weighted by Gasteiger charge is -1.98. The summed E-state index contributed by atoms with van der Waals surface area (Å²) < 4.78 is 2.08. The molecule has 1 aromatic heterocycles. The van der Waals surface area contributed by atoms with Crippen molar-refractivity contribution in [2.45, 2.75) is 19.2 Å². The number of hydrogen-bond donors (Lipinski definition) is 1. The fourth-order valence-corrected chi connectivity index (χ4v) is 1.04. The predicted molar refractivity (Wildman–Crippen MR) is 40.6 cm³/mol. The van der Waals surface area contributed by atoms with Gasteiger partial charge in [-0.15, -0.1) is 0 Å². The van der Waals surface area contributed by atoms with Gasteiger partial charge in [0.15, 0.2) is 0 Å². The Labute approximate surface area is 60.3 Å². The molecule has 0 atom stereocenters.